The van der Waals surface area contributed by atoms with Gasteiger partial charge in [0.25, 0.3) is 5.91 Å². The van der Waals surface area contributed by atoms with Crippen molar-refractivity contribution in [1.82, 2.24) is 5.32 Å². The summed E-state index contributed by atoms with van der Waals surface area (Å²) in [5.74, 6) is -1.94. The number of carbonyl (C=O) groups is 2. The summed E-state index contributed by atoms with van der Waals surface area (Å²) < 4.78 is 5.30. The Morgan fingerprint density at radius 3 is 2.96 bits per heavy atom. The Balaban J connectivity index is 2.01. The van der Waals surface area contributed by atoms with Crippen LogP contribution in [-0.4, -0.2) is 41.2 Å². The van der Waals surface area contributed by atoms with Gasteiger partial charge in [0.1, 0.15) is 0 Å². The first-order chi connectivity index (χ1) is 11.0. The Morgan fingerprint density at radius 2 is 2.35 bits per heavy atom. The molecule has 0 aromatic carbocycles. The van der Waals surface area contributed by atoms with Crippen molar-refractivity contribution in [3.8, 4) is 0 Å². The Kier molecular flexibility index (Phi) is 6.15. The van der Waals surface area contributed by atoms with Crippen LogP contribution in [-0.2, 0) is 14.2 Å². The zero-order chi connectivity index (χ0) is 16.8. The molecule has 23 heavy (non-hydrogen) atoms. The molecule has 1 aromatic heterocycles. The average molecular weight is 335 g/mol. The second kappa shape index (κ2) is 8.10. The van der Waals surface area contributed by atoms with E-state index < -0.39 is 25.1 Å². The minimum atomic E-state index is -1.26. The third-order valence-corrected chi connectivity index (χ3v) is 4.31. The normalized spacial score (nSPS) is 21.8. The Labute approximate surface area is 138 Å². The molecule has 0 spiro atoms. The number of aliphatic carboxylic acids is 1. The number of rotatable bonds is 5. The molecular formula is C15H18BNO5S. The van der Waals surface area contributed by atoms with E-state index in [-0.39, 0.29) is 12.3 Å². The van der Waals surface area contributed by atoms with Crippen molar-refractivity contribution in [3.05, 3.63) is 40.6 Å². The van der Waals surface area contributed by atoms with E-state index in [1.165, 1.54) is 11.3 Å². The molecule has 8 heteroatoms. The Bertz CT molecular complexity index is 613. The van der Waals surface area contributed by atoms with Crippen LogP contribution in [0.2, 0.25) is 0 Å². The molecule has 122 valence electrons. The zero-order valence-corrected chi connectivity index (χ0v) is 13.5. The summed E-state index contributed by atoms with van der Waals surface area (Å²) in [5.41, 5.74) is 0.530. The van der Waals surface area contributed by atoms with Crippen LogP contribution >= 0.6 is 11.3 Å². The minimum absolute atomic E-state index is 0.233. The van der Waals surface area contributed by atoms with Crippen molar-refractivity contribution in [1.29, 1.82) is 0 Å². The largest absolute Gasteiger partial charge is 0.481 e. The van der Waals surface area contributed by atoms with Gasteiger partial charge in [0.05, 0.1) is 24.0 Å². The smallest absolute Gasteiger partial charge is 0.478 e. The van der Waals surface area contributed by atoms with Gasteiger partial charge in [-0.15, -0.1) is 11.3 Å². The standard InChI is InChI=1S/C15H18BNO5S/c1-2-11(12-6-4-8-23-12)15(20)17-13-7-3-5-10(9-14(18)19)22-16(13)21/h2-6,8,10,13,21H,7,9H2,1H3,(H,17,20)(H,18,19)/b11-2-/t10-,13+/m1/s1. The summed E-state index contributed by atoms with van der Waals surface area (Å²) in [6.45, 7) is 1.78. The van der Waals surface area contributed by atoms with Gasteiger partial charge in [-0.05, 0) is 24.8 Å². The predicted octanol–water partition coefficient (Wildman–Crippen LogP) is 1.48. The summed E-state index contributed by atoms with van der Waals surface area (Å²) in [6.07, 6.45) is 4.46. The molecule has 0 aliphatic carbocycles. The quantitative estimate of drug-likeness (QED) is 0.430. The average Bonchev–Trinajstić information content (AvgIpc) is 2.94. The number of hydrogen-bond acceptors (Lipinski definition) is 5. The highest BCUT2D eigenvalue weighted by Crippen LogP contribution is 2.21. The van der Waals surface area contributed by atoms with Crippen molar-refractivity contribution < 1.29 is 24.4 Å². The first kappa shape index (κ1) is 17.5. The lowest BCUT2D eigenvalue weighted by atomic mass is 9.77. The van der Waals surface area contributed by atoms with Gasteiger partial charge < -0.3 is 20.1 Å². The van der Waals surface area contributed by atoms with Crippen LogP contribution in [0, 0.1) is 0 Å². The Hall–Kier alpha value is -1.90. The molecule has 2 atom stereocenters. The van der Waals surface area contributed by atoms with Crippen LogP contribution in [0.1, 0.15) is 24.6 Å². The molecule has 0 saturated carbocycles. The van der Waals surface area contributed by atoms with E-state index in [0.29, 0.717) is 12.0 Å². The summed E-state index contributed by atoms with van der Waals surface area (Å²) in [5, 5.41) is 23.5. The van der Waals surface area contributed by atoms with Gasteiger partial charge in [0, 0.05) is 4.88 Å². The third kappa shape index (κ3) is 4.79. The number of carboxylic acids is 1. The fraction of sp³-hybridized carbons (Fsp3) is 0.333. The number of thiophene rings is 1. The van der Waals surface area contributed by atoms with Gasteiger partial charge in [0.2, 0.25) is 0 Å². The highest BCUT2D eigenvalue weighted by molar-refractivity contribution is 7.11. The summed E-state index contributed by atoms with van der Waals surface area (Å²) in [4.78, 5) is 24.0. The zero-order valence-electron chi connectivity index (χ0n) is 12.6. The van der Waals surface area contributed by atoms with E-state index >= 15 is 0 Å². The van der Waals surface area contributed by atoms with Crippen LogP contribution in [0.4, 0.5) is 0 Å². The molecule has 0 radical (unpaired) electrons. The van der Waals surface area contributed by atoms with Gasteiger partial charge in [-0.25, -0.2) is 0 Å². The van der Waals surface area contributed by atoms with Gasteiger partial charge in [0.15, 0.2) is 0 Å². The van der Waals surface area contributed by atoms with E-state index in [1.807, 2.05) is 17.5 Å². The van der Waals surface area contributed by atoms with Gasteiger partial charge in [-0.2, -0.15) is 0 Å². The van der Waals surface area contributed by atoms with E-state index in [2.05, 4.69) is 5.32 Å². The molecule has 0 bridgehead atoms. The highest BCUT2D eigenvalue weighted by Gasteiger charge is 2.33. The van der Waals surface area contributed by atoms with Gasteiger partial charge in [-0.3, -0.25) is 9.59 Å². The summed E-state index contributed by atoms with van der Waals surface area (Å²) in [7, 11) is -1.26. The molecule has 0 fully saturated rings. The Morgan fingerprint density at radius 1 is 1.57 bits per heavy atom. The van der Waals surface area contributed by atoms with Crippen LogP contribution < -0.4 is 5.32 Å². The lowest BCUT2D eigenvalue weighted by molar-refractivity contribution is -0.138. The van der Waals surface area contributed by atoms with Crippen molar-refractivity contribution in [2.24, 2.45) is 0 Å². The lowest BCUT2D eigenvalue weighted by Crippen LogP contribution is -2.48. The molecule has 0 unspecified atom stereocenters. The maximum absolute atomic E-state index is 12.4. The van der Waals surface area contributed by atoms with Crippen LogP contribution in [0.15, 0.2) is 35.7 Å². The molecule has 1 aliphatic rings. The molecule has 3 N–H and O–H groups in total. The molecule has 1 amide bonds. The van der Waals surface area contributed by atoms with Crippen LogP contribution in [0.25, 0.3) is 5.57 Å². The molecular weight excluding hydrogens is 317 g/mol. The first-order valence-electron chi connectivity index (χ1n) is 7.24. The molecule has 1 aromatic rings. The molecule has 0 saturated heterocycles. The van der Waals surface area contributed by atoms with Gasteiger partial charge in [-0.1, -0.05) is 24.3 Å². The summed E-state index contributed by atoms with van der Waals surface area (Å²) >= 11 is 1.46. The number of carboxylic acid groups (broad SMARTS) is 1. The van der Waals surface area contributed by atoms with E-state index in [1.54, 1.807) is 25.2 Å². The van der Waals surface area contributed by atoms with Gasteiger partial charge >= 0.3 is 13.1 Å². The second-order valence-electron chi connectivity index (χ2n) is 5.09. The number of hydrogen-bond donors (Lipinski definition) is 3. The van der Waals surface area contributed by atoms with Crippen molar-refractivity contribution in [3.63, 3.8) is 0 Å². The number of carbonyl (C=O) groups excluding carboxylic acids is 1. The fourth-order valence-electron chi connectivity index (χ4n) is 2.29. The first-order valence-corrected chi connectivity index (χ1v) is 8.12. The minimum Gasteiger partial charge on any atom is -0.481 e. The summed E-state index contributed by atoms with van der Waals surface area (Å²) in [6, 6.07) is 3.71. The highest BCUT2D eigenvalue weighted by atomic mass is 32.1. The SMILES string of the molecule is C/C=C(\C(=O)N[C@H]1CC=C[C@H](CC(=O)O)OB1O)c1cccs1. The predicted molar refractivity (Wildman–Crippen MR) is 88.8 cm³/mol. The fourth-order valence-corrected chi connectivity index (χ4v) is 3.09. The third-order valence-electron chi connectivity index (χ3n) is 3.41. The molecule has 2 heterocycles. The lowest BCUT2D eigenvalue weighted by Gasteiger charge is -2.20. The van der Waals surface area contributed by atoms with Crippen LogP contribution in [0.3, 0.4) is 0 Å². The number of amides is 1. The molecule has 6 nitrogen and oxygen atoms in total. The van der Waals surface area contributed by atoms with Crippen molar-refractivity contribution in [2.45, 2.75) is 31.8 Å². The van der Waals surface area contributed by atoms with Crippen molar-refractivity contribution >= 4 is 35.9 Å². The molecule has 2 rings (SSSR count). The number of nitrogens with one attached hydrogen (secondary N) is 1. The molecule has 1 aliphatic heterocycles. The monoisotopic (exact) mass is 335 g/mol. The van der Waals surface area contributed by atoms with E-state index in [0.717, 1.165) is 4.88 Å². The maximum Gasteiger partial charge on any atom is 0.478 e. The topological polar surface area (TPSA) is 95.9 Å². The maximum atomic E-state index is 12.4. The van der Waals surface area contributed by atoms with E-state index in [4.69, 9.17) is 9.76 Å². The van der Waals surface area contributed by atoms with Crippen molar-refractivity contribution in [2.75, 3.05) is 0 Å². The van der Waals surface area contributed by atoms with Crippen LogP contribution in [0.5, 0.6) is 0 Å². The second-order valence-corrected chi connectivity index (χ2v) is 6.03. The number of allylic oxidation sites excluding steroid dienone is 1. The van der Waals surface area contributed by atoms with E-state index in [9.17, 15) is 14.6 Å².